The van der Waals surface area contributed by atoms with E-state index in [0.717, 1.165) is 74.5 Å². The second kappa shape index (κ2) is 11.5. The summed E-state index contributed by atoms with van der Waals surface area (Å²) in [6.07, 6.45) is 10.8. The molecule has 2 aromatic heterocycles. The molecule has 0 spiro atoms. The molecule has 10 heteroatoms. The third-order valence-electron chi connectivity index (χ3n) is 6.39. The molecular weight excluding hydrogens is 448 g/mol. The van der Waals surface area contributed by atoms with Gasteiger partial charge in [0, 0.05) is 50.4 Å². The SMILES string of the molecule is COCCOc1cnc(NC2CCC(Oc3cc(N4CCOCC4)cc4nccnc34)CC2)nc1. The zero-order valence-electron chi connectivity index (χ0n) is 20.1. The summed E-state index contributed by atoms with van der Waals surface area (Å²) >= 11 is 0. The maximum absolute atomic E-state index is 6.51. The maximum Gasteiger partial charge on any atom is 0.223 e. The number of aromatic nitrogens is 4. The van der Waals surface area contributed by atoms with Crippen LogP contribution in [0, 0.1) is 0 Å². The van der Waals surface area contributed by atoms with E-state index in [1.165, 1.54) is 0 Å². The first-order valence-corrected chi connectivity index (χ1v) is 12.2. The number of fused-ring (bicyclic) bond motifs is 1. The first-order chi connectivity index (χ1) is 17.3. The fourth-order valence-corrected chi connectivity index (χ4v) is 4.52. The highest BCUT2D eigenvalue weighted by molar-refractivity contribution is 5.85. The summed E-state index contributed by atoms with van der Waals surface area (Å²) in [7, 11) is 1.64. The normalized spacial score (nSPS) is 20.5. The van der Waals surface area contributed by atoms with Crippen LogP contribution in [0.1, 0.15) is 25.7 Å². The summed E-state index contributed by atoms with van der Waals surface area (Å²) in [6, 6.07) is 4.51. The zero-order chi connectivity index (χ0) is 23.9. The Labute approximate surface area is 205 Å². The third-order valence-corrected chi connectivity index (χ3v) is 6.39. The number of benzene rings is 1. The van der Waals surface area contributed by atoms with Crippen LogP contribution in [-0.4, -0.2) is 78.7 Å². The molecule has 1 aromatic carbocycles. The number of anilines is 2. The van der Waals surface area contributed by atoms with Crippen molar-refractivity contribution in [1.29, 1.82) is 0 Å². The van der Waals surface area contributed by atoms with Crippen molar-refractivity contribution in [2.75, 3.05) is 56.8 Å². The maximum atomic E-state index is 6.51. The lowest BCUT2D eigenvalue weighted by Crippen LogP contribution is -2.36. The first kappa shape index (κ1) is 23.5. The van der Waals surface area contributed by atoms with E-state index in [1.807, 2.05) is 0 Å². The predicted octanol–water partition coefficient (Wildman–Crippen LogP) is 3.08. The molecule has 1 saturated carbocycles. The Hall–Kier alpha value is -3.24. The van der Waals surface area contributed by atoms with Crippen LogP contribution in [0.25, 0.3) is 11.0 Å². The average Bonchev–Trinajstić information content (AvgIpc) is 2.91. The molecule has 3 heterocycles. The van der Waals surface area contributed by atoms with Crippen molar-refractivity contribution >= 4 is 22.7 Å². The van der Waals surface area contributed by atoms with Crippen LogP contribution < -0.4 is 19.7 Å². The Bertz CT molecular complexity index is 1090. The summed E-state index contributed by atoms with van der Waals surface area (Å²) < 4.78 is 22.5. The van der Waals surface area contributed by atoms with Gasteiger partial charge in [0.15, 0.2) is 5.75 Å². The molecule has 1 saturated heterocycles. The molecule has 3 aromatic rings. The molecule has 2 fully saturated rings. The van der Waals surface area contributed by atoms with Gasteiger partial charge >= 0.3 is 0 Å². The van der Waals surface area contributed by atoms with Crippen molar-refractivity contribution in [1.82, 2.24) is 19.9 Å². The monoisotopic (exact) mass is 480 g/mol. The molecular formula is C25H32N6O4. The van der Waals surface area contributed by atoms with Crippen LogP contribution in [0.15, 0.2) is 36.9 Å². The molecule has 0 atom stereocenters. The Morgan fingerprint density at radius 1 is 0.971 bits per heavy atom. The second-order valence-corrected chi connectivity index (χ2v) is 8.79. The fourth-order valence-electron chi connectivity index (χ4n) is 4.52. The van der Waals surface area contributed by atoms with Gasteiger partial charge in [-0.15, -0.1) is 0 Å². The largest absolute Gasteiger partial charge is 0.488 e. The van der Waals surface area contributed by atoms with Crippen molar-refractivity contribution in [3.05, 3.63) is 36.9 Å². The van der Waals surface area contributed by atoms with Crippen LogP contribution in [0.5, 0.6) is 11.5 Å². The minimum atomic E-state index is 0.135. The highest BCUT2D eigenvalue weighted by Crippen LogP contribution is 2.33. The number of morpholine rings is 1. The molecule has 0 bridgehead atoms. The first-order valence-electron chi connectivity index (χ1n) is 12.2. The van der Waals surface area contributed by atoms with Gasteiger partial charge in [-0.05, 0) is 31.7 Å². The van der Waals surface area contributed by atoms with Crippen molar-refractivity contribution in [3.8, 4) is 11.5 Å². The van der Waals surface area contributed by atoms with Crippen molar-refractivity contribution in [3.63, 3.8) is 0 Å². The third kappa shape index (κ3) is 6.07. The number of rotatable bonds is 9. The molecule has 1 aliphatic heterocycles. The van der Waals surface area contributed by atoms with Gasteiger partial charge in [0.05, 0.1) is 43.8 Å². The molecule has 1 N–H and O–H groups in total. The predicted molar refractivity (Wildman–Crippen MR) is 132 cm³/mol. The number of methoxy groups -OCH3 is 1. The summed E-state index contributed by atoms with van der Waals surface area (Å²) in [4.78, 5) is 20.2. The molecule has 2 aliphatic rings. The summed E-state index contributed by atoms with van der Waals surface area (Å²) in [5, 5.41) is 3.44. The summed E-state index contributed by atoms with van der Waals surface area (Å²) in [6.45, 7) is 4.21. The van der Waals surface area contributed by atoms with Gasteiger partial charge in [0.2, 0.25) is 5.95 Å². The highest BCUT2D eigenvalue weighted by atomic mass is 16.5. The lowest BCUT2D eigenvalue weighted by Gasteiger charge is -2.31. The van der Waals surface area contributed by atoms with E-state index < -0.39 is 0 Å². The number of nitrogens with zero attached hydrogens (tertiary/aromatic N) is 5. The van der Waals surface area contributed by atoms with Gasteiger partial charge in [-0.25, -0.2) is 15.0 Å². The summed E-state index contributed by atoms with van der Waals surface area (Å²) in [5.74, 6) is 2.06. The van der Waals surface area contributed by atoms with E-state index in [-0.39, 0.29) is 6.10 Å². The topological polar surface area (TPSA) is 104 Å². The quantitative estimate of drug-likeness (QED) is 0.460. The van der Waals surface area contributed by atoms with Crippen molar-refractivity contribution < 1.29 is 18.9 Å². The van der Waals surface area contributed by atoms with Gasteiger partial charge < -0.3 is 29.2 Å². The number of hydrogen-bond acceptors (Lipinski definition) is 10. The van der Waals surface area contributed by atoms with E-state index >= 15 is 0 Å². The Morgan fingerprint density at radius 3 is 2.51 bits per heavy atom. The van der Waals surface area contributed by atoms with Gasteiger partial charge in [-0.1, -0.05) is 0 Å². The average molecular weight is 481 g/mol. The van der Waals surface area contributed by atoms with Gasteiger partial charge in [0.1, 0.15) is 17.9 Å². The fraction of sp³-hybridized carbons (Fsp3) is 0.520. The smallest absolute Gasteiger partial charge is 0.223 e. The Balaban J connectivity index is 1.18. The zero-order valence-corrected chi connectivity index (χ0v) is 20.1. The minimum Gasteiger partial charge on any atom is -0.488 e. The van der Waals surface area contributed by atoms with E-state index in [0.29, 0.717) is 31.0 Å². The second-order valence-electron chi connectivity index (χ2n) is 8.79. The molecule has 1 aliphatic carbocycles. The van der Waals surface area contributed by atoms with Crippen LogP contribution in [0.2, 0.25) is 0 Å². The van der Waals surface area contributed by atoms with Gasteiger partial charge in [0.25, 0.3) is 0 Å². The Morgan fingerprint density at radius 2 is 1.74 bits per heavy atom. The number of hydrogen-bond donors (Lipinski definition) is 1. The van der Waals surface area contributed by atoms with Crippen molar-refractivity contribution in [2.45, 2.75) is 37.8 Å². The van der Waals surface area contributed by atoms with Crippen LogP contribution >= 0.6 is 0 Å². The highest BCUT2D eigenvalue weighted by Gasteiger charge is 2.24. The molecule has 5 rings (SSSR count). The molecule has 0 radical (unpaired) electrons. The molecule has 35 heavy (non-hydrogen) atoms. The molecule has 186 valence electrons. The van der Waals surface area contributed by atoms with Gasteiger partial charge in [-0.2, -0.15) is 0 Å². The Kier molecular flexibility index (Phi) is 7.69. The van der Waals surface area contributed by atoms with Crippen LogP contribution in [-0.2, 0) is 9.47 Å². The molecule has 0 unspecified atom stereocenters. The molecule has 10 nitrogen and oxygen atoms in total. The van der Waals surface area contributed by atoms with Crippen LogP contribution in [0.4, 0.5) is 11.6 Å². The number of ether oxygens (including phenoxy) is 4. The van der Waals surface area contributed by atoms with Gasteiger partial charge in [-0.3, -0.25) is 4.98 Å². The molecule has 0 amide bonds. The van der Waals surface area contributed by atoms with Crippen molar-refractivity contribution in [2.24, 2.45) is 0 Å². The standard InChI is InChI=1S/C25H32N6O4/c1-32-12-13-34-21-16-28-25(29-17-21)30-18-2-4-20(5-3-18)35-23-15-19(31-8-10-33-11-9-31)14-22-24(23)27-7-6-26-22/h6-7,14-18,20H,2-5,8-13H2,1H3,(H,28,29,30). The van der Waals surface area contributed by atoms with E-state index in [1.54, 1.807) is 31.9 Å². The minimum absolute atomic E-state index is 0.135. The van der Waals surface area contributed by atoms with Crippen LogP contribution in [0.3, 0.4) is 0 Å². The lowest BCUT2D eigenvalue weighted by atomic mass is 9.93. The lowest BCUT2D eigenvalue weighted by molar-refractivity contribution is 0.122. The summed E-state index contributed by atoms with van der Waals surface area (Å²) in [5.41, 5.74) is 2.78. The number of nitrogens with one attached hydrogen (secondary N) is 1. The van der Waals surface area contributed by atoms with E-state index in [9.17, 15) is 0 Å². The van der Waals surface area contributed by atoms with E-state index in [4.69, 9.17) is 18.9 Å². The van der Waals surface area contributed by atoms with E-state index in [2.05, 4.69) is 42.3 Å².